The van der Waals surface area contributed by atoms with Crippen molar-refractivity contribution in [2.24, 2.45) is 0 Å². The number of amides is 1. The summed E-state index contributed by atoms with van der Waals surface area (Å²) in [6.07, 6.45) is 0. The molecule has 0 saturated carbocycles. The summed E-state index contributed by atoms with van der Waals surface area (Å²) in [6, 6.07) is 5.98. The fourth-order valence-electron chi connectivity index (χ4n) is 2.74. The van der Waals surface area contributed by atoms with Crippen molar-refractivity contribution >= 4 is 33.4 Å². The first-order chi connectivity index (χ1) is 9.66. The summed E-state index contributed by atoms with van der Waals surface area (Å²) < 4.78 is 0.768. The van der Waals surface area contributed by atoms with Gasteiger partial charge >= 0.3 is 0 Å². The fourth-order valence-corrected chi connectivity index (χ4v) is 3.31. The van der Waals surface area contributed by atoms with Crippen molar-refractivity contribution in [2.75, 3.05) is 39.3 Å². The van der Waals surface area contributed by atoms with Gasteiger partial charge in [0, 0.05) is 49.8 Å². The molecule has 0 unspecified atom stereocenters. The molecular weight excluding hydrogens is 342 g/mol. The van der Waals surface area contributed by atoms with E-state index in [2.05, 4.69) is 26.1 Å². The van der Waals surface area contributed by atoms with E-state index in [0.29, 0.717) is 16.6 Å². The molecule has 1 amide bonds. The molecule has 108 valence electrons. The summed E-state index contributed by atoms with van der Waals surface area (Å²) in [5.41, 5.74) is 0.583. The highest BCUT2D eigenvalue weighted by Gasteiger charge is 2.36. The van der Waals surface area contributed by atoms with Gasteiger partial charge in [0.1, 0.15) is 0 Å². The third-order valence-corrected chi connectivity index (χ3v) is 5.30. The first kappa shape index (κ1) is 14.3. The largest absolute Gasteiger partial charge is 0.335 e. The third kappa shape index (κ3) is 2.72. The van der Waals surface area contributed by atoms with Crippen LogP contribution in [-0.4, -0.2) is 61.0 Å². The van der Waals surface area contributed by atoms with Gasteiger partial charge in [-0.15, -0.1) is 0 Å². The van der Waals surface area contributed by atoms with Gasteiger partial charge in [-0.25, -0.2) is 0 Å². The van der Waals surface area contributed by atoms with Crippen LogP contribution in [0.3, 0.4) is 0 Å². The van der Waals surface area contributed by atoms with Gasteiger partial charge in [0.15, 0.2) is 0 Å². The van der Waals surface area contributed by atoms with Crippen LogP contribution in [0.4, 0.5) is 0 Å². The van der Waals surface area contributed by atoms with Crippen LogP contribution in [0.15, 0.2) is 22.7 Å². The second-order valence-electron chi connectivity index (χ2n) is 5.25. The minimum Gasteiger partial charge on any atom is -0.335 e. The van der Waals surface area contributed by atoms with Crippen LogP contribution in [0.1, 0.15) is 10.4 Å². The predicted octanol–water partition coefficient (Wildman–Crippen LogP) is 1.83. The lowest BCUT2D eigenvalue weighted by atomic mass is 10.0. The number of hydrogen-bond acceptors (Lipinski definition) is 3. The Bertz CT molecular complexity index is 513. The smallest absolute Gasteiger partial charge is 0.255 e. The van der Waals surface area contributed by atoms with E-state index >= 15 is 0 Å². The Hall–Kier alpha value is -0.620. The number of hydrogen-bond donors (Lipinski definition) is 1. The third-order valence-electron chi connectivity index (χ3n) is 4.00. The van der Waals surface area contributed by atoms with Crippen LogP contribution in [0.5, 0.6) is 0 Å². The van der Waals surface area contributed by atoms with Crippen LogP contribution in [0, 0.1) is 0 Å². The molecule has 6 heteroatoms. The molecule has 3 rings (SSSR count). The minimum absolute atomic E-state index is 0.0303. The highest BCUT2D eigenvalue weighted by molar-refractivity contribution is 9.10. The van der Waals surface area contributed by atoms with Gasteiger partial charge in [0.25, 0.3) is 5.91 Å². The molecule has 2 saturated heterocycles. The molecule has 0 atom stereocenters. The van der Waals surface area contributed by atoms with E-state index in [1.54, 1.807) is 6.07 Å². The van der Waals surface area contributed by atoms with E-state index in [1.807, 2.05) is 17.0 Å². The van der Waals surface area contributed by atoms with Gasteiger partial charge in [-0.2, -0.15) is 0 Å². The highest BCUT2D eigenvalue weighted by Crippen LogP contribution is 2.28. The number of benzene rings is 1. The van der Waals surface area contributed by atoms with Gasteiger partial charge in [-0.05, 0) is 28.1 Å². The molecular formula is C14H17BrClN3O. The molecule has 1 aromatic carbocycles. The topological polar surface area (TPSA) is 35.6 Å². The summed E-state index contributed by atoms with van der Waals surface area (Å²) in [7, 11) is 0. The minimum atomic E-state index is 0.0303. The van der Waals surface area contributed by atoms with E-state index in [1.165, 1.54) is 0 Å². The van der Waals surface area contributed by atoms with E-state index < -0.39 is 0 Å². The van der Waals surface area contributed by atoms with Gasteiger partial charge in [0.05, 0.1) is 10.6 Å². The Morgan fingerprint density at radius 3 is 2.70 bits per heavy atom. The lowest BCUT2D eigenvalue weighted by Crippen LogP contribution is -2.63. The van der Waals surface area contributed by atoms with E-state index in [9.17, 15) is 4.79 Å². The standard InChI is InChI=1S/C14H17BrClN3O/c15-12-3-1-2-11(13(12)16)14(20)19-8-10(9-19)18-6-4-17-5-7-18/h1-3,10,17H,4-9H2. The van der Waals surface area contributed by atoms with Gasteiger partial charge < -0.3 is 10.2 Å². The van der Waals surface area contributed by atoms with Gasteiger partial charge in [-0.3, -0.25) is 9.69 Å². The van der Waals surface area contributed by atoms with Crippen LogP contribution >= 0.6 is 27.5 Å². The van der Waals surface area contributed by atoms with Crippen LogP contribution in [0.2, 0.25) is 5.02 Å². The van der Waals surface area contributed by atoms with Crippen molar-refractivity contribution in [1.29, 1.82) is 0 Å². The number of halogens is 2. The summed E-state index contributed by atoms with van der Waals surface area (Å²) in [4.78, 5) is 16.8. The molecule has 0 spiro atoms. The van der Waals surface area contributed by atoms with Gasteiger partial charge in [-0.1, -0.05) is 17.7 Å². The predicted molar refractivity (Wildman–Crippen MR) is 83.3 cm³/mol. The Kier molecular flexibility index (Phi) is 4.31. The van der Waals surface area contributed by atoms with Gasteiger partial charge in [0.2, 0.25) is 0 Å². The normalized spacial score (nSPS) is 20.8. The fraction of sp³-hybridized carbons (Fsp3) is 0.500. The van der Waals surface area contributed by atoms with Crippen molar-refractivity contribution in [3.05, 3.63) is 33.3 Å². The molecule has 1 N–H and O–H groups in total. The zero-order chi connectivity index (χ0) is 14.1. The SMILES string of the molecule is O=C(c1cccc(Br)c1Cl)N1CC(N2CCNCC2)C1. The number of carbonyl (C=O) groups is 1. The average molecular weight is 359 g/mol. The van der Waals surface area contributed by atoms with Crippen LogP contribution in [0.25, 0.3) is 0 Å². The van der Waals surface area contributed by atoms with E-state index in [4.69, 9.17) is 11.6 Å². The summed E-state index contributed by atoms with van der Waals surface area (Å²) in [5, 5.41) is 3.85. The maximum atomic E-state index is 12.4. The molecule has 4 nitrogen and oxygen atoms in total. The van der Waals surface area contributed by atoms with Crippen molar-refractivity contribution in [3.8, 4) is 0 Å². The zero-order valence-corrected chi connectivity index (χ0v) is 13.5. The molecule has 2 aliphatic rings. The summed E-state index contributed by atoms with van der Waals surface area (Å²) in [6.45, 7) is 5.85. The Labute approximate surface area is 132 Å². The number of rotatable bonds is 2. The quantitative estimate of drug-likeness (QED) is 0.876. The second kappa shape index (κ2) is 6.02. The molecule has 0 aromatic heterocycles. The summed E-state index contributed by atoms with van der Waals surface area (Å²) in [5.74, 6) is 0.0303. The molecule has 20 heavy (non-hydrogen) atoms. The Morgan fingerprint density at radius 2 is 2.00 bits per heavy atom. The van der Waals surface area contributed by atoms with Crippen LogP contribution < -0.4 is 5.32 Å². The van der Waals surface area contributed by atoms with Crippen molar-refractivity contribution in [3.63, 3.8) is 0 Å². The van der Waals surface area contributed by atoms with E-state index in [-0.39, 0.29) is 5.91 Å². The molecule has 0 radical (unpaired) electrons. The lowest BCUT2D eigenvalue weighted by molar-refractivity contribution is 0.0227. The summed E-state index contributed by atoms with van der Waals surface area (Å²) >= 11 is 9.55. The molecule has 0 bridgehead atoms. The number of nitrogens with zero attached hydrogens (tertiary/aromatic N) is 2. The number of nitrogens with one attached hydrogen (secondary N) is 1. The number of likely N-dealkylation sites (tertiary alicyclic amines) is 1. The Balaban J connectivity index is 1.61. The maximum absolute atomic E-state index is 12.4. The molecule has 2 fully saturated rings. The molecule has 2 heterocycles. The maximum Gasteiger partial charge on any atom is 0.255 e. The number of carbonyl (C=O) groups excluding carboxylic acids is 1. The van der Waals surface area contributed by atoms with Crippen LogP contribution in [-0.2, 0) is 0 Å². The average Bonchev–Trinajstić information content (AvgIpc) is 2.41. The Morgan fingerprint density at radius 1 is 1.30 bits per heavy atom. The molecule has 2 aliphatic heterocycles. The molecule has 1 aromatic rings. The monoisotopic (exact) mass is 357 g/mol. The number of piperazine rings is 1. The lowest BCUT2D eigenvalue weighted by Gasteiger charge is -2.46. The zero-order valence-electron chi connectivity index (χ0n) is 11.1. The van der Waals surface area contributed by atoms with Crippen molar-refractivity contribution < 1.29 is 4.79 Å². The van der Waals surface area contributed by atoms with Crippen molar-refractivity contribution in [1.82, 2.24) is 15.1 Å². The first-order valence-corrected chi connectivity index (χ1v) is 8.02. The first-order valence-electron chi connectivity index (χ1n) is 6.85. The van der Waals surface area contributed by atoms with Crippen molar-refractivity contribution in [2.45, 2.75) is 6.04 Å². The van der Waals surface area contributed by atoms with E-state index in [0.717, 1.165) is 43.7 Å². The molecule has 0 aliphatic carbocycles. The highest BCUT2D eigenvalue weighted by atomic mass is 79.9. The second-order valence-corrected chi connectivity index (χ2v) is 6.48.